The van der Waals surface area contributed by atoms with E-state index < -0.39 is 40.6 Å². The van der Waals surface area contributed by atoms with Gasteiger partial charge in [0.25, 0.3) is 0 Å². The minimum atomic E-state index is -1.07. The average Bonchev–Trinajstić information content (AvgIpc) is 3.10. The Kier molecular flexibility index (Phi) is 4.88. The van der Waals surface area contributed by atoms with Gasteiger partial charge in [0.15, 0.2) is 0 Å². The lowest BCUT2D eigenvalue weighted by atomic mass is 9.40. The quantitative estimate of drug-likeness (QED) is 0.731. The largest absolute Gasteiger partial charge is 0.469 e. The number of carbonyl (C=O) groups is 2. The number of aliphatic hydroxyl groups is 1. The van der Waals surface area contributed by atoms with Crippen molar-refractivity contribution in [3.63, 3.8) is 0 Å². The van der Waals surface area contributed by atoms with Gasteiger partial charge in [-0.1, -0.05) is 27.7 Å². The lowest BCUT2D eigenvalue weighted by Gasteiger charge is -2.68. The molecule has 0 spiro atoms. The Morgan fingerprint density at radius 2 is 1.83 bits per heavy atom. The monoisotopic (exact) mass is 418 g/mol. The van der Waals surface area contributed by atoms with Gasteiger partial charge in [0.1, 0.15) is 18.0 Å². The van der Waals surface area contributed by atoms with Crippen LogP contribution in [0, 0.1) is 22.7 Å². The van der Waals surface area contributed by atoms with Crippen LogP contribution in [0.5, 0.6) is 0 Å². The van der Waals surface area contributed by atoms with Crippen LogP contribution in [0.25, 0.3) is 0 Å². The van der Waals surface area contributed by atoms with Crippen LogP contribution < -0.4 is 0 Å². The molecule has 7 atom stereocenters. The van der Waals surface area contributed by atoms with Crippen molar-refractivity contribution in [1.82, 2.24) is 0 Å². The molecule has 3 aliphatic carbocycles. The summed E-state index contributed by atoms with van der Waals surface area (Å²) in [5.74, 6) is 0.763. The number of fused-ring (bicyclic) bond motifs is 4. The summed E-state index contributed by atoms with van der Waals surface area (Å²) in [4.78, 5) is 24.1. The highest BCUT2D eigenvalue weighted by Gasteiger charge is 2.72. The minimum absolute atomic E-state index is 0.0342. The van der Waals surface area contributed by atoms with Gasteiger partial charge < -0.3 is 19.0 Å². The second-order valence-corrected chi connectivity index (χ2v) is 10.5. The van der Waals surface area contributed by atoms with Gasteiger partial charge in [0.05, 0.1) is 11.9 Å². The van der Waals surface area contributed by atoms with E-state index in [0.29, 0.717) is 25.2 Å². The van der Waals surface area contributed by atoms with Crippen LogP contribution in [0.1, 0.15) is 78.0 Å². The number of carbonyl (C=O) groups excluding carboxylic acids is 2. The minimum Gasteiger partial charge on any atom is -0.469 e. The first-order valence-electron chi connectivity index (χ1n) is 11.1. The first-order chi connectivity index (χ1) is 13.9. The molecule has 3 aliphatic rings. The van der Waals surface area contributed by atoms with E-state index in [9.17, 15) is 14.7 Å². The third-order valence-corrected chi connectivity index (χ3v) is 8.71. The normalized spacial score (nSPS) is 41.8. The molecule has 0 amide bonds. The average molecular weight is 419 g/mol. The van der Waals surface area contributed by atoms with E-state index in [2.05, 4.69) is 13.0 Å². The Balaban J connectivity index is 1.88. The molecular weight excluding hydrogens is 384 g/mol. The molecule has 1 aromatic rings. The van der Waals surface area contributed by atoms with Gasteiger partial charge in [-0.05, 0) is 54.1 Å². The number of furan rings is 1. The van der Waals surface area contributed by atoms with Gasteiger partial charge in [-0.2, -0.15) is 0 Å². The Morgan fingerprint density at radius 1 is 1.17 bits per heavy atom. The molecule has 4 rings (SSSR count). The van der Waals surface area contributed by atoms with E-state index in [0.717, 1.165) is 12.2 Å². The molecule has 1 aromatic heterocycles. The van der Waals surface area contributed by atoms with Crippen LogP contribution in [0.15, 0.2) is 16.7 Å². The number of hydrogen-bond acceptors (Lipinski definition) is 6. The predicted molar refractivity (Wildman–Crippen MR) is 110 cm³/mol. The van der Waals surface area contributed by atoms with Gasteiger partial charge >= 0.3 is 11.9 Å². The van der Waals surface area contributed by atoms with Gasteiger partial charge in [0, 0.05) is 25.7 Å². The first kappa shape index (κ1) is 21.4. The number of ether oxygens (including phenoxy) is 2. The molecule has 3 unspecified atom stereocenters. The second-order valence-electron chi connectivity index (χ2n) is 10.5. The van der Waals surface area contributed by atoms with E-state index in [1.807, 2.05) is 20.8 Å². The van der Waals surface area contributed by atoms with E-state index in [4.69, 9.17) is 13.9 Å². The molecule has 2 saturated carbocycles. The van der Waals surface area contributed by atoms with Crippen LogP contribution >= 0.6 is 0 Å². The van der Waals surface area contributed by atoms with Crippen LogP contribution in [0.3, 0.4) is 0 Å². The first-order valence-corrected chi connectivity index (χ1v) is 11.1. The lowest BCUT2D eigenvalue weighted by molar-refractivity contribution is -0.303. The van der Waals surface area contributed by atoms with Crippen molar-refractivity contribution < 1.29 is 28.6 Å². The maximum absolute atomic E-state index is 12.3. The molecule has 0 radical (unpaired) electrons. The van der Waals surface area contributed by atoms with Crippen molar-refractivity contribution in [3.05, 3.63) is 23.7 Å². The van der Waals surface area contributed by atoms with E-state index >= 15 is 0 Å². The molecule has 1 heterocycles. The maximum atomic E-state index is 12.3. The standard InChI is InChI=1S/C24H34O6/c1-13-16-7-9-24(27)22(4,5)12-20(29-14(2)25)21(30-15(3)26)23(24,6)18(16)11-19-17(13)8-10-28-19/h8,10,13,16,18,20-21,27H,7,9,11-12H2,1-6H3/t13?,16-,18-,20?,21?,23-,24+/m0/s1. The molecule has 2 fully saturated rings. The van der Waals surface area contributed by atoms with Crippen molar-refractivity contribution in [3.8, 4) is 0 Å². The molecule has 166 valence electrons. The fourth-order valence-electron chi connectivity index (χ4n) is 7.28. The predicted octanol–water partition coefficient (Wildman–Crippen LogP) is 4.00. The summed E-state index contributed by atoms with van der Waals surface area (Å²) in [7, 11) is 0. The molecule has 0 aliphatic heterocycles. The summed E-state index contributed by atoms with van der Waals surface area (Å²) in [5, 5.41) is 12.3. The van der Waals surface area contributed by atoms with Crippen molar-refractivity contribution in [1.29, 1.82) is 0 Å². The zero-order valence-corrected chi connectivity index (χ0v) is 18.9. The second kappa shape index (κ2) is 6.84. The van der Waals surface area contributed by atoms with Gasteiger partial charge in [-0.25, -0.2) is 0 Å². The zero-order chi connectivity index (χ0) is 22.1. The Labute approximate surface area is 178 Å². The molecule has 6 heteroatoms. The van der Waals surface area contributed by atoms with Crippen LogP contribution in [-0.2, 0) is 25.5 Å². The number of esters is 2. The third kappa shape index (κ3) is 2.79. The molecule has 6 nitrogen and oxygen atoms in total. The third-order valence-electron chi connectivity index (χ3n) is 8.71. The van der Waals surface area contributed by atoms with E-state index in [1.54, 1.807) is 6.26 Å². The van der Waals surface area contributed by atoms with Gasteiger partial charge in [0.2, 0.25) is 0 Å². The Hall–Kier alpha value is -1.82. The Morgan fingerprint density at radius 3 is 2.47 bits per heavy atom. The fraction of sp³-hybridized carbons (Fsp3) is 0.750. The topological polar surface area (TPSA) is 86.0 Å². The summed E-state index contributed by atoms with van der Waals surface area (Å²) in [5.41, 5.74) is -1.14. The SMILES string of the molecule is CC(=O)OC1CC(C)(C)[C@]2(O)CC[C@H]3C(C)c4ccoc4C[C@@H]3[C@@]2(C)C1OC(C)=O. The van der Waals surface area contributed by atoms with E-state index in [-0.39, 0.29) is 11.8 Å². The summed E-state index contributed by atoms with van der Waals surface area (Å²) < 4.78 is 17.4. The van der Waals surface area contributed by atoms with Crippen molar-refractivity contribution >= 4 is 11.9 Å². The van der Waals surface area contributed by atoms with Crippen LogP contribution in [0.4, 0.5) is 0 Å². The summed E-state index contributed by atoms with van der Waals surface area (Å²) in [6, 6.07) is 2.05. The maximum Gasteiger partial charge on any atom is 0.303 e. The van der Waals surface area contributed by atoms with Crippen molar-refractivity contribution in [2.24, 2.45) is 22.7 Å². The molecule has 1 N–H and O–H groups in total. The lowest BCUT2D eigenvalue weighted by Crippen LogP contribution is -2.74. The summed E-state index contributed by atoms with van der Waals surface area (Å²) in [6.45, 7) is 11.1. The highest BCUT2D eigenvalue weighted by molar-refractivity contribution is 5.67. The van der Waals surface area contributed by atoms with Crippen molar-refractivity contribution in [2.45, 2.75) is 91.0 Å². The highest BCUT2D eigenvalue weighted by atomic mass is 16.6. The highest BCUT2D eigenvalue weighted by Crippen LogP contribution is 2.67. The molecule has 0 bridgehead atoms. The van der Waals surface area contributed by atoms with Crippen molar-refractivity contribution in [2.75, 3.05) is 0 Å². The zero-order valence-electron chi connectivity index (χ0n) is 18.9. The molecule has 30 heavy (non-hydrogen) atoms. The summed E-state index contributed by atoms with van der Waals surface area (Å²) >= 11 is 0. The molecule has 0 saturated heterocycles. The number of hydrogen-bond donors (Lipinski definition) is 1. The fourth-order valence-corrected chi connectivity index (χ4v) is 7.28. The summed E-state index contributed by atoms with van der Waals surface area (Å²) in [6.07, 6.45) is 3.07. The van der Waals surface area contributed by atoms with Crippen LogP contribution in [0.2, 0.25) is 0 Å². The van der Waals surface area contributed by atoms with E-state index in [1.165, 1.54) is 19.4 Å². The molecule has 0 aromatic carbocycles. The van der Waals surface area contributed by atoms with Gasteiger partial charge in [-0.3, -0.25) is 9.59 Å². The van der Waals surface area contributed by atoms with Gasteiger partial charge in [-0.15, -0.1) is 0 Å². The molecular formula is C24H34O6. The smallest absolute Gasteiger partial charge is 0.303 e. The Bertz CT molecular complexity index is 856. The van der Waals surface area contributed by atoms with Crippen LogP contribution in [-0.4, -0.2) is 34.9 Å². The number of rotatable bonds is 2.